The van der Waals surface area contributed by atoms with Crippen LogP contribution in [0.1, 0.15) is 30.1 Å². The topological polar surface area (TPSA) is 72.6 Å². The molecule has 1 aliphatic rings. The molecule has 0 aliphatic carbocycles. The van der Waals surface area contributed by atoms with Crippen molar-refractivity contribution in [2.45, 2.75) is 25.9 Å². The van der Waals surface area contributed by atoms with Crippen molar-refractivity contribution in [1.82, 2.24) is 4.90 Å². The molecule has 19 heavy (non-hydrogen) atoms. The van der Waals surface area contributed by atoms with Crippen molar-refractivity contribution in [3.8, 4) is 0 Å². The molecule has 0 radical (unpaired) electrons. The van der Waals surface area contributed by atoms with E-state index in [1.165, 1.54) is 6.92 Å². The Hall–Kier alpha value is -2.04. The highest BCUT2D eigenvalue weighted by atomic mass is 16.5. The number of nitrogens with zero attached hydrogens (tertiary/aromatic N) is 1. The van der Waals surface area contributed by atoms with Crippen LogP contribution in [0, 0.1) is 0 Å². The van der Waals surface area contributed by atoms with Gasteiger partial charge in [0.1, 0.15) is 6.10 Å². The number of ether oxygens (including phenoxy) is 1. The van der Waals surface area contributed by atoms with E-state index in [2.05, 4.69) is 0 Å². The molecule has 1 aliphatic heterocycles. The van der Waals surface area contributed by atoms with E-state index in [0.29, 0.717) is 37.2 Å². The zero-order chi connectivity index (χ0) is 13.8. The van der Waals surface area contributed by atoms with Gasteiger partial charge in [0.15, 0.2) is 0 Å². The van der Waals surface area contributed by atoms with Gasteiger partial charge in [-0.1, -0.05) is 0 Å². The van der Waals surface area contributed by atoms with Crippen molar-refractivity contribution in [3.63, 3.8) is 0 Å². The highest BCUT2D eigenvalue weighted by Crippen LogP contribution is 2.17. The number of nitrogen functional groups attached to an aromatic ring is 1. The first-order valence-electron chi connectivity index (χ1n) is 6.38. The number of hydrogen-bond donors (Lipinski definition) is 1. The van der Waals surface area contributed by atoms with Gasteiger partial charge in [-0.15, -0.1) is 0 Å². The zero-order valence-electron chi connectivity index (χ0n) is 11.0. The predicted octanol–water partition coefficient (Wildman–Crippen LogP) is 1.44. The summed E-state index contributed by atoms with van der Waals surface area (Å²) in [6.07, 6.45) is 1.33. The third kappa shape index (κ3) is 3.47. The minimum Gasteiger partial charge on any atom is -0.462 e. The third-order valence-corrected chi connectivity index (χ3v) is 3.22. The summed E-state index contributed by atoms with van der Waals surface area (Å²) in [5.74, 6) is -0.260. The normalized spacial score (nSPS) is 16.2. The van der Waals surface area contributed by atoms with E-state index in [1.54, 1.807) is 29.2 Å². The maximum absolute atomic E-state index is 12.2. The summed E-state index contributed by atoms with van der Waals surface area (Å²) in [5, 5.41) is 0. The second-order valence-corrected chi connectivity index (χ2v) is 4.72. The van der Waals surface area contributed by atoms with E-state index in [-0.39, 0.29) is 18.0 Å². The minimum absolute atomic E-state index is 0.00118. The average molecular weight is 262 g/mol. The largest absolute Gasteiger partial charge is 0.462 e. The number of piperidine rings is 1. The van der Waals surface area contributed by atoms with Gasteiger partial charge < -0.3 is 15.4 Å². The fraction of sp³-hybridized carbons (Fsp3) is 0.429. The van der Waals surface area contributed by atoms with Crippen molar-refractivity contribution in [2.75, 3.05) is 18.8 Å². The SMILES string of the molecule is CC(=O)OC1CCN(C(=O)c2ccc(N)cc2)CC1. The Morgan fingerprint density at radius 3 is 2.32 bits per heavy atom. The van der Waals surface area contributed by atoms with Crippen molar-refractivity contribution >= 4 is 17.6 Å². The van der Waals surface area contributed by atoms with Crippen LogP contribution in [0.5, 0.6) is 0 Å². The molecule has 1 fully saturated rings. The lowest BCUT2D eigenvalue weighted by molar-refractivity contribution is -0.148. The molecular formula is C14H18N2O3. The summed E-state index contributed by atoms with van der Waals surface area (Å²) in [4.78, 5) is 24.9. The molecule has 1 aromatic rings. The Bertz CT molecular complexity index is 462. The summed E-state index contributed by atoms with van der Waals surface area (Å²) < 4.78 is 5.15. The molecule has 2 N–H and O–H groups in total. The van der Waals surface area contributed by atoms with E-state index in [4.69, 9.17) is 10.5 Å². The fourth-order valence-electron chi connectivity index (χ4n) is 2.22. The average Bonchev–Trinajstić information content (AvgIpc) is 2.39. The molecule has 1 aromatic carbocycles. The van der Waals surface area contributed by atoms with Crippen LogP contribution in [0.25, 0.3) is 0 Å². The van der Waals surface area contributed by atoms with Gasteiger partial charge in [0.2, 0.25) is 0 Å². The summed E-state index contributed by atoms with van der Waals surface area (Å²) in [5.41, 5.74) is 6.88. The maximum Gasteiger partial charge on any atom is 0.302 e. The molecule has 5 nitrogen and oxygen atoms in total. The number of likely N-dealkylation sites (tertiary alicyclic amines) is 1. The molecular weight excluding hydrogens is 244 g/mol. The van der Waals surface area contributed by atoms with Crippen molar-refractivity contribution < 1.29 is 14.3 Å². The molecule has 0 spiro atoms. The first-order valence-corrected chi connectivity index (χ1v) is 6.38. The zero-order valence-corrected chi connectivity index (χ0v) is 11.0. The first kappa shape index (κ1) is 13.4. The van der Waals surface area contributed by atoms with Crippen LogP contribution in [0.3, 0.4) is 0 Å². The summed E-state index contributed by atoms with van der Waals surface area (Å²) in [7, 11) is 0. The molecule has 2 rings (SSSR count). The summed E-state index contributed by atoms with van der Waals surface area (Å²) in [6, 6.07) is 6.91. The molecule has 1 saturated heterocycles. The van der Waals surface area contributed by atoms with Gasteiger partial charge >= 0.3 is 5.97 Å². The predicted molar refractivity (Wildman–Crippen MR) is 71.5 cm³/mol. The van der Waals surface area contributed by atoms with E-state index >= 15 is 0 Å². The number of carbonyl (C=O) groups is 2. The maximum atomic E-state index is 12.2. The number of esters is 1. The molecule has 0 atom stereocenters. The fourth-order valence-corrected chi connectivity index (χ4v) is 2.22. The van der Waals surface area contributed by atoms with Crippen LogP contribution in [0.15, 0.2) is 24.3 Å². The second kappa shape index (κ2) is 5.73. The van der Waals surface area contributed by atoms with Crippen LogP contribution in [-0.4, -0.2) is 36.0 Å². The number of rotatable bonds is 2. The quantitative estimate of drug-likeness (QED) is 0.646. The highest BCUT2D eigenvalue weighted by Gasteiger charge is 2.24. The monoisotopic (exact) mass is 262 g/mol. The second-order valence-electron chi connectivity index (χ2n) is 4.72. The number of carbonyl (C=O) groups excluding carboxylic acids is 2. The number of amides is 1. The van der Waals surface area contributed by atoms with Gasteiger partial charge in [0.05, 0.1) is 0 Å². The number of benzene rings is 1. The number of anilines is 1. The Kier molecular flexibility index (Phi) is 4.04. The van der Waals surface area contributed by atoms with E-state index in [1.807, 2.05) is 0 Å². The number of hydrogen-bond acceptors (Lipinski definition) is 4. The van der Waals surface area contributed by atoms with Crippen molar-refractivity contribution in [1.29, 1.82) is 0 Å². The highest BCUT2D eigenvalue weighted by molar-refractivity contribution is 5.94. The summed E-state index contributed by atoms with van der Waals surface area (Å²) in [6.45, 7) is 2.63. The standard InChI is InChI=1S/C14H18N2O3/c1-10(17)19-13-6-8-16(9-7-13)14(18)11-2-4-12(15)5-3-11/h2-5,13H,6-9,15H2,1H3. The number of nitrogens with two attached hydrogens (primary N) is 1. The molecule has 0 saturated carbocycles. The van der Waals surface area contributed by atoms with Crippen LogP contribution < -0.4 is 5.73 Å². The smallest absolute Gasteiger partial charge is 0.302 e. The summed E-state index contributed by atoms with van der Waals surface area (Å²) >= 11 is 0. The lowest BCUT2D eigenvalue weighted by atomic mass is 10.1. The lowest BCUT2D eigenvalue weighted by Crippen LogP contribution is -2.41. The molecule has 0 aromatic heterocycles. The molecule has 0 unspecified atom stereocenters. The van der Waals surface area contributed by atoms with Crippen LogP contribution >= 0.6 is 0 Å². The van der Waals surface area contributed by atoms with Crippen molar-refractivity contribution in [2.24, 2.45) is 0 Å². The van der Waals surface area contributed by atoms with Gasteiger partial charge in [-0.25, -0.2) is 0 Å². The molecule has 0 bridgehead atoms. The van der Waals surface area contributed by atoms with Gasteiger partial charge in [0.25, 0.3) is 5.91 Å². The molecule has 1 heterocycles. The first-order chi connectivity index (χ1) is 9.06. The van der Waals surface area contributed by atoms with E-state index < -0.39 is 0 Å². The Labute approximate surface area is 112 Å². The Morgan fingerprint density at radius 1 is 1.21 bits per heavy atom. The van der Waals surface area contributed by atoms with Crippen LogP contribution in [0.4, 0.5) is 5.69 Å². The van der Waals surface area contributed by atoms with Crippen LogP contribution in [0.2, 0.25) is 0 Å². The van der Waals surface area contributed by atoms with Gasteiger partial charge in [-0.2, -0.15) is 0 Å². The van der Waals surface area contributed by atoms with Gasteiger partial charge in [-0.3, -0.25) is 9.59 Å². The third-order valence-electron chi connectivity index (χ3n) is 3.22. The minimum atomic E-state index is -0.261. The molecule has 1 amide bonds. The van der Waals surface area contributed by atoms with Crippen molar-refractivity contribution in [3.05, 3.63) is 29.8 Å². The lowest BCUT2D eigenvalue weighted by Gasteiger charge is -2.31. The Morgan fingerprint density at radius 2 is 1.79 bits per heavy atom. The van der Waals surface area contributed by atoms with E-state index in [0.717, 1.165) is 0 Å². The van der Waals surface area contributed by atoms with Gasteiger partial charge in [0, 0.05) is 44.1 Å². The Balaban J connectivity index is 1.92. The molecule has 102 valence electrons. The van der Waals surface area contributed by atoms with Gasteiger partial charge in [-0.05, 0) is 24.3 Å². The molecule has 5 heteroatoms. The van der Waals surface area contributed by atoms with Crippen LogP contribution in [-0.2, 0) is 9.53 Å². The van der Waals surface area contributed by atoms with E-state index in [9.17, 15) is 9.59 Å².